The van der Waals surface area contributed by atoms with Gasteiger partial charge in [0, 0.05) is 0 Å². The molecule has 0 saturated carbocycles. The maximum absolute atomic E-state index is 5.62. The number of halogens is 1. The largest absolute Gasteiger partial charge is 0.491 e. The highest BCUT2D eigenvalue weighted by Crippen LogP contribution is 2.27. The molecular weight excluding hydrogens is 190 g/mol. The van der Waals surface area contributed by atoms with E-state index in [2.05, 4.69) is 4.98 Å². The van der Waals surface area contributed by atoms with Crippen molar-refractivity contribution in [2.24, 2.45) is 0 Å². The molecule has 0 aliphatic heterocycles. The smallest absolute Gasteiger partial charge is 0.293 e. The Kier molecular flexibility index (Phi) is 2.10. The van der Waals surface area contributed by atoms with Gasteiger partial charge in [0.2, 0.25) is 0 Å². The van der Waals surface area contributed by atoms with Gasteiger partial charge < -0.3 is 9.15 Å². The van der Waals surface area contributed by atoms with Gasteiger partial charge in [0.15, 0.2) is 11.1 Å². The third-order valence-corrected chi connectivity index (χ3v) is 1.82. The van der Waals surface area contributed by atoms with E-state index in [4.69, 9.17) is 20.8 Å². The van der Waals surface area contributed by atoms with E-state index in [1.807, 2.05) is 19.1 Å². The fourth-order valence-corrected chi connectivity index (χ4v) is 1.34. The first-order chi connectivity index (χ1) is 6.31. The van der Waals surface area contributed by atoms with Gasteiger partial charge in [-0.25, -0.2) is 0 Å². The van der Waals surface area contributed by atoms with E-state index in [9.17, 15) is 0 Å². The van der Waals surface area contributed by atoms with Crippen molar-refractivity contribution in [1.82, 2.24) is 4.98 Å². The van der Waals surface area contributed by atoms with Gasteiger partial charge in [0.05, 0.1) is 6.61 Å². The Morgan fingerprint density at radius 1 is 1.54 bits per heavy atom. The van der Waals surface area contributed by atoms with Crippen LogP contribution in [0.1, 0.15) is 6.92 Å². The van der Waals surface area contributed by atoms with Crippen LogP contribution in [0, 0.1) is 0 Å². The number of fused-ring (bicyclic) bond motifs is 1. The molecule has 13 heavy (non-hydrogen) atoms. The molecule has 2 aromatic rings. The Hall–Kier alpha value is -1.22. The third-order valence-electron chi connectivity index (χ3n) is 1.66. The van der Waals surface area contributed by atoms with E-state index in [1.54, 1.807) is 6.07 Å². The molecule has 3 nitrogen and oxygen atoms in total. The van der Waals surface area contributed by atoms with E-state index in [0.29, 0.717) is 23.5 Å². The molecule has 1 aromatic carbocycles. The van der Waals surface area contributed by atoms with Crippen LogP contribution in [0.2, 0.25) is 5.35 Å². The van der Waals surface area contributed by atoms with Crippen LogP contribution in [0.5, 0.6) is 5.75 Å². The fourth-order valence-electron chi connectivity index (χ4n) is 1.17. The average molecular weight is 198 g/mol. The van der Waals surface area contributed by atoms with Gasteiger partial charge in [-0.3, -0.25) is 0 Å². The Morgan fingerprint density at radius 3 is 3.15 bits per heavy atom. The lowest BCUT2D eigenvalue weighted by atomic mass is 10.3. The van der Waals surface area contributed by atoms with Gasteiger partial charge in [-0.2, -0.15) is 4.98 Å². The van der Waals surface area contributed by atoms with Gasteiger partial charge in [-0.1, -0.05) is 6.07 Å². The summed E-state index contributed by atoms with van der Waals surface area (Å²) in [5, 5.41) is 0.141. The van der Waals surface area contributed by atoms with Crippen LogP contribution < -0.4 is 4.74 Å². The average Bonchev–Trinajstić information content (AvgIpc) is 2.47. The molecule has 0 fully saturated rings. The molecule has 4 heteroatoms. The van der Waals surface area contributed by atoms with Crippen molar-refractivity contribution in [3.8, 4) is 5.75 Å². The fraction of sp³-hybridized carbons (Fsp3) is 0.222. The summed E-state index contributed by atoms with van der Waals surface area (Å²) >= 11 is 5.62. The van der Waals surface area contributed by atoms with Gasteiger partial charge in [0.25, 0.3) is 5.35 Å². The number of benzene rings is 1. The summed E-state index contributed by atoms with van der Waals surface area (Å²) in [6, 6.07) is 5.48. The lowest BCUT2D eigenvalue weighted by molar-refractivity contribution is 0.343. The summed E-state index contributed by atoms with van der Waals surface area (Å²) < 4.78 is 10.5. The number of nitrogens with zero attached hydrogens (tertiary/aromatic N) is 1. The number of aromatic nitrogens is 1. The summed E-state index contributed by atoms with van der Waals surface area (Å²) in [7, 11) is 0. The highest BCUT2D eigenvalue weighted by molar-refractivity contribution is 6.28. The highest BCUT2D eigenvalue weighted by atomic mass is 35.5. The zero-order valence-corrected chi connectivity index (χ0v) is 7.84. The zero-order chi connectivity index (χ0) is 9.26. The van der Waals surface area contributed by atoms with Crippen molar-refractivity contribution in [2.45, 2.75) is 6.92 Å². The molecule has 1 heterocycles. The number of hydrogen-bond acceptors (Lipinski definition) is 3. The normalized spacial score (nSPS) is 10.6. The number of hydrogen-bond donors (Lipinski definition) is 0. The maximum atomic E-state index is 5.62. The van der Waals surface area contributed by atoms with E-state index < -0.39 is 0 Å². The van der Waals surface area contributed by atoms with Gasteiger partial charge >= 0.3 is 0 Å². The number of para-hydroxylation sites is 1. The quantitative estimate of drug-likeness (QED) is 0.743. The second kappa shape index (κ2) is 3.26. The molecule has 0 N–H and O–H groups in total. The topological polar surface area (TPSA) is 35.3 Å². The van der Waals surface area contributed by atoms with Crippen LogP contribution >= 0.6 is 11.6 Å². The monoisotopic (exact) mass is 197 g/mol. The molecule has 0 saturated heterocycles. The van der Waals surface area contributed by atoms with E-state index in [0.717, 1.165) is 0 Å². The van der Waals surface area contributed by atoms with Crippen LogP contribution in [0.3, 0.4) is 0 Å². The molecule has 0 spiro atoms. The second-order valence-electron chi connectivity index (χ2n) is 2.50. The Morgan fingerprint density at radius 2 is 2.38 bits per heavy atom. The van der Waals surface area contributed by atoms with Crippen molar-refractivity contribution >= 4 is 22.7 Å². The third kappa shape index (κ3) is 1.47. The lowest BCUT2D eigenvalue weighted by Crippen LogP contribution is -1.91. The highest BCUT2D eigenvalue weighted by Gasteiger charge is 2.07. The number of rotatable bonds is 2. The maximum Gasteiger partial charge on any atom is 0.293 e. The minimum atomic E-state index is 0.141. The molecule has 0 unspecified atom stereocenters. The molecule has 2 rings (SSSR count). The summed E-state index contributed by atoms with van der Waals surface area (Å²) in [5.74, 6) is 0.704. The van der Waals surface area contributed by atoms with Crippen molar-refractivity contribution in [3.63, 3.8) is 0 Å². The van der Waals surface area contributed by atoms with Crippen molar-refractivity contribution in [3.05, 3.63) is 23.5 Å². The van der Waals surface area contributed by atoms with Gasteiger partial charge in [-0.15, -0.1) is 0 Å². The Bertz CT molecular complexity index is 424. The summed E-state index contributed by atoms with van der Waals surface area (Å²) in [6.07, 6.45) is 0. The molecule has 1 aromatic heterocycles. The van der Waals surface area contributed by atoms with E-state index >= 15 is 0 Å². The predicted molar refractivity (Wildman–Crippen MR) is 50.2 cm³/mol. The predicted octanol–water partition coefficient (Wildman–Crippen LogP) is 2.88. The van der Waals surface area contributed by atoms with Gasteiger partial charge in [-0.05, 0) is 30.7 Å². The SMILES string of the molecule is CCOc1cccc2oc(Cl)nc12. The van der Waals surface area contributed by atoms with Crippen LogP contribution in [0.25, 0.3) is 11.1 Å². The molecule has 0 aliphatic carbocycles. The summed E-state index contributed by atoms with van der Waals surface area (Å²) in [4.78, 5) is 4.01. The summed E-state index contributed by atoms with van der Waals surface area (Å²) in [6.45, 7) is 2.52. The van der Waals surface area contributed by atoms with E-state index in [1.165, 1.54) is 0 Å². The molecule has 0 atom stereocenters. The Balaban J connectivity index is 2.60. The first-order valence-electron chi connectivity index (χ1n) is 3.99. The molecule has 68 valence electrons. The lowest BCUT2D eigenvalue weighted by Gasteiger charge is -2.00. The minimum absolute atomic E-state index is 0.141. The standard InChI is InChI=1S/C9H8ClNO2/c1-2-12-6-4-3-5-7-8(6)11-9(10)13-7/h3-5H,2H2,1H3. The first kappa shape index (κ1) is 8.38. The minimum Gasteiger partial charge on any atom is -0.491 e. The van der Waals surface area contributed by atoms with E-state index in [-0.39, 0.29) is 5.35 Å². The van der Waals surface area contributed by atoms with Crippen LogP contribution in [-0.2, 0) is 0 Å². The van der Waals surface area contributed by atoms with Crippen LogP contribution in [0.15, 0.2) is 22.6 Å². The van der Waals surface area contributed by atoms with Crippen LogP contribution in [-0.4, -0.2) is 11.6 Å². The first-order valence-corrected chi connectivity index (χ1v) is 4.37. The van der Waals surface area contributed by atoms with Crippen molar-refractivity contribution in [2.75, 3.05) is 6.61 Å². The van der Waals surface area contributed by atoms with Crippen molar-refractivity contribution in [1.29, 1.82) is 0 Å². The second-order valence-corrected chi connectivity index (χ2v) is 2.83. The number of ether oxygens (including phenoxy) is 1. The Labute approximate surface area is 80.3 Å². The van der Waals surface area contributed by atoms with Crippen LogP contribution in [0.4, 0.5) is 0 Å². The molecule has 0 bridgehead atoms. The molecule has 0 aliphatic rings. The van der Waals surface area contributed by atoms with Crippen molar-refractivity contribution < 1.29 is 9.15 Å². The number of oxazole rings is 1. The molecule has 0 amide bonds. The molecule has 0 radical (unpaired) electrons. The summed E-state index contributed by atoms with van der Waals surface area (Å²) in [5.41, 5.74) is 1.32. The molecular formula is C9H8ClNO2. The van der Waals surface area contributed by atoms with Gasteiger partial charge in [0.1, 0.15) is 5.75 Å². The zero-order valence-electron chi connectivity index (χ0n) is 7.08.